The molecule has 1 heterocycles. The number of anilines is 1. The quantitative estimate of drug-likeness (QED) is 0.677. The maximum Gasteiger partial charge on any atom is 0.205 e. The molecule has 0 amide bonds. The van der Waals surface area contributed by atoms with Crippen LogP contribution in [0.1, 0.15) is 5.56 Å². The minimum Gasteiger partial charge on any atom is -0.354 e. The predicted octanol–water partition coefficient (Wildman–Crippen LogP) is 3.79. The van der Waals surface area contributed by atoms with E-state index in [1.807, 2.05) is 37.4 Å². The first-order valence-corrected chi connectivity index (χ1v) is 6.16. The van der Waals surface area contributed by atoms with Crippen LogP contribution in [-0.2, 0) is 0 Å². The fourth-order valence-corrected chi connectivity index (χ4v) is 1.89. The summed E-state index contributed by atoms with van der Waals surface area (Å²) in [6.07, 6.45) is 3.45. The van der Waals surface area contributed by atoms with Crippen LogP contribution in [0.2, 0.25) is 5.02 Å². The van der Waals surface area contributed by atoms with Crippen molar-refractivity contribution in [1.82, 2.24) is 4.98 Å². The van der Waals surface area contributed by atoms with Gasteiger partial charge in [-0.25, -0.2) is 4.58 Å². The number of benzene rings is 1. The van der Waals surface area contributed by atoms with Gasteiger partial charge >= 0.3 is 0 Å². The van der Waals surface area contributed by atoms with Crippen molar-refractivity contribution in [3.05, 3.63) is 59.9 Å². The third-order valence-corrected chi connectivity index (χ3v) is 3.00. The normalized spacial score (nSPS) is 10.0. The molecule has 0 bridgehead atoms. The number of hydrogen-bond donors (Lipinski definition) is 1. The van der Waals surface area contributed by atoms with Crippen LogP contribution < -0.4 is 5.32 Å². The highest BCUT2D eigenvalue weighted by Crippen LogP contribution is 2.27. The van der Waals surface area contributed by atoms with E-state index in [1.54, 1.807) is 17.0 Å². The average molecular weight is 273 g/mol. The van der Waals surface area contributed by atoms with Gasteiger partial charge in [0.05, 0.1) is 16.9 Å². The lowest BCUT2D eigenvalue weighted by Crippen LogP contribution is -2.00. The summed E-state index contributed by atoms with van der Waals surface area (Å²) in [4.78, 5) is 4.04. The van der Waals surface area contributed by atoms with Crippen molar-refractivity contribution in [3.63, 3.8) is 0 Å². The molecule has 1 N–H and O–H groups in total. The Kier molecular flexibility index (Phi) is 3.97. The van der Waals surface area contributed by atoms with Gasteiger partial charge in [-0.3, -0.25) is 4.98 Å². The van der Waals surface area contributed by atoms with E-state index in [2.05, 4.69) is 23.6 Å². The van der Waals surface area contributed by atoms with Crippen LogP contribution in [0.3, 0.4) is 0 Å². The van der Waals surface area contributed by atoms with E-state index in [1.165, 1.54) is 0 Å². The number of hydrogen-bond acceptors (Lipinski definition) is 2. The Morgan fingerprint density at radius 3 is 2.79 bits per heavy atom. The molecule has 4 heteroatoms. The van der Waals surface area contributed by atoms with Gasteiger partial charge in [0.2, 0.25) is 5.69 Å². The highest BCUT2D eigenvalue weighted by atomic mass is 35.5. The van der Waals surface area contributed by atoms with Gasteiger partial charge < -0.3 is 5.32 Å². The molecule has 0 aliphatic carbocycles. The third-order valence-electron chi connectivity index (χ3n) is 2.67. The molecule has 0 spiro atoms. The van der Waals surface area contributed by atoms with Crippen LogP contribution in [0.15, 0.2) is 49.3 Å². The molecule has 0 aliphatic rings. The fraction of sp³-hybridized carbons (Fsp3) is 0.0667. The van der Waals surface area contributed by atoms with Crippen molar-refractivity contribution in [3.8, 4) is 0 Å². The summed E-state index contributed by atoms with van der Waals surface area (Å²) in [6.45, 7) is 7.87. The largest absolute Gasteiger partial charge is 0.354 e. The van der Waals surface area contributed by atoms with E-state index in [-0.39, 0.29) is 0 Å². The molecule has 0 radical (unpaired) electrons. The Hall–Kier alpha value is -2.13. The summed E-state index contributed by atoms with van der Waals surface area (Å²) in [5.41, 5.74) is 3.41. The Bertz CT molecular complexity index is 621. The molecule has 2 rings (SSSR count). The summed E-state index contributed by atoms with van der Waals surface area (Å²) in [5.74, 6) is 0. The molecule has 0 saturated carbocycles. The van der Waals surface area contributed by atoms with E-state index < -0.39 is 0 Å². The number of nitrogens with one attached hydrogen (secondary N) is 1. The van der Waals surface area contributed by atoms with E-state index >= 15 is 0 Å². The number of pyridine rings is 1. The zero-order chi connectivity index (χ0) is 13.8. The third kappa shape index (κ3) is 3.20. The van der Waals surface area contributed by atoms with E-state index in [9.17, 15) is 0 Å². The minimum absolute atomic E-state index is 0.645. The van der Waals surface area contributed by atoms with Crippen LogP contribution >= 0.6 is 11.6 Å². The highest BCUT2D eigenvalue weighted by Gasteiger charge is 2.10. The molecule has 0 unspecified atom stereocenters. The first-order valence-electron chi connectivity index (χ1n) is 5.78. The smallest absolute Gasteiger partial charge is 0.205 e. The molecule has 1 aromatic heterocycles. The summed E-state index contributed by atoms with van der Waals surface area (Å²) in [6, 6.07) is 9.47. The van der Waals surface area contributed by atoms with E-state index in [0.29, 0.717) is 5.02 Å². The Labute approximate surface area is 117 Å². The fourth-order valence-electron chi connectivity index (χ4n) is 1.66. The van der Waals surface area contributed by atoms with Gasteiger partial charge in [-0.1, -0.05) is 18.2 Å². The van der Waals surface area contributed by atoms with Crippen LogP contribution in [0.25, 0.3) is 5.70 Å². The standard InChI is InChI=1S/C15H15ClN3/c1-11(18-12-5-4-8-17-10-12)14-9-13(19(2)3)6-7-15(14)16/h4-10,18H,1-2H2,3H3/q+1. The monoisotopic (exact) mass is 272 g/mol. The molecule has 0 atom stereocenters. The molecule has 0 aliphatic heterocycles. The van der Waals surface area contributed by atoms with E-state index in [0.717, 1.165) is 22.6 Å². The molecule has 0 fully saturated rings. The van der Waals surface area contributed by atoms with Crippen LogP contribution in [-0.4, -0.2) is 23.3 Å². The summed E-state index contributed by atoms with van der Waals surface area (Å²) in [7, 11) is 1.88. The molecule has 3 nitrogen and oxygen atoms in total. The lowest BCUT2D eigenvalue weighted by molar-refractivity contribution is -0.394. The zero-order valence-corrected chi connectivity index (χ0v) is 11.5. The number of nitrogens with zero attached hydrogens (tertiary/aromatic N) is 2. The maximum absolute atomic E-state index is 6.21. The Balaban J connectivity index is 2.28. The molecule has 2 aromatic rings. The number of aromatic nitrogens is 1. The highest BCUT2D eigenvalue weighted by molar-refractivity contribution is 6.32. The summed E-state index contributed by atoms with van der Waals surface area (Å²) >= 11 is 6.21. The summed E-state index contributed by atoms with van der Waals surface area (Å²) in [5, 5.41) is 3.83. The van der Waals surface area contributed by atoms with Gasteiger partial charge in [-0.15, -0.1) is 0 Å². The van der Waals surface area contributed by atoms with Crippen LogP contribution in [0, 0.1) is 0 Å². The lowest BCUT2D eigenvalue weighted by Gasteiger charge is -2.11. The first kappa shape index (κ1) is 13.3. The second kappa shape index (κ2) is 5.67. The Morgan fingerprint density at radius 2 is 2.16 bits per heavy atom. The van der Waals surface area contributed by atoms with Crippen molar-refractivity contribution < 1.29 is 4.58 Å². The van der Waals surface area contributed by atoms with Gasteiger partial charge in [0.25, 0.3) is 0 Å². The van der Waals surface area contributed by atoms with Crippen molar-refractivity contribution in [2.45, 2.75) is 0 Å². The molecule has 19 heavy (non-hydrogen) atoms. The lowest BCUT2D eigenvalue weighted by atomic mass is 10.1. The van der Waals surface area contributed by atoms with Gasteiger partial charge in [0, 0.05) is 29.6 Å². The summed E-state index contributed by atoms with van der Waals surface area (Å²) < 4.78 is 1.77. The molecule has 1 aromatic carbocycles. The average Bonchev–Trinajstić information content (AvgIpc) is 2.40. The van der Waals surface area contributed by atoms with Gasteiger partial charge in [-0.05, 0) is 18.2 Å². The molecule has 0 saturated heterocycles. The predicted molar refractivity (Wildman–Crippen MR) is 81.3 cm³/mol. The van der Waals surface area contributed by atoms with E-state index in [4.69, 9.17) is 11.6 Å². The first-order chi connectivity index (χ1) is 9.08. The van der Waals surface area contributed by atoms with Crippen molar-refractivity contribution in [2.24, 2.45) is 0 Å². The van der Waals surface area contributed by atoms with Gasteiger partial charge in [0.1, 0.15) is 13.8 Å². The Morgan fingerprint density at radius 1 is 1.37 bits per heavy atom. The second-order valence-electron chi connectivity index (χ2n) is 4.21. The SMILES string of the molecule is C=C(Nc1cccnc1)c1cc([N+](=C)C)ccc1Cl. The van der Waals surface area contributed by atoms with Crippen molar-refractivity contribution in [1.29, 1.82) is 0 Å². The van der Waals surface area contributed by atoms with Gasteiger partial charge in [0.15, 0.2) is 0 Å². The van der Waals surface area contributed by atoms with Gasteiger partial charge in [-0.2, -0.15) is 0 Å². The maximum atomic E-state index is 6.21. The topological polar surface area (TPSA) is 27.9 Å². The molecular weight excluding hydrogens is 258 g/mol. The number of rotatable bonds is 4. The van der Waals surface area contributed by atoms with Crippen molar-refractivity contribution in [2.75, 3.05) is 12.4 Å². The zero-order valence-electron chi connectivity index (χ0n) is 10.7. The second-order valence-corrected chi connectivity index (χ2v) is 4.61. The van der Waals surface area contributed by atoms with Crippen molar-refractivity contribution >= 4 is 35.4 Å². The van der Waals surface area contributed by atoms with Crippen LogP contribution in [0.4, 0.5) is 11.4 Å². The van der Waals surface area contributed by atoms with Crippen LogP contribution in [0.5, 0.6) is 0 Å². The molecular formula is C15H15ClN3+. The number of halogens is 1. The minimum atomic E-state index is 0.645. The molecule has 96 valence electrons.